The van der Waals surface area contributed by atoms with Gasteiger partial charge >= 0.3 is 0 Å². The number of anilines is 3. The molecule has 2 aromatic carbocycles. The number of nitrogen functional groups attached to an aromatic ring is 1. The van der Waals surface area contributed by atoms with Gasteiger partial charge in [0, 0.05) is 17.8 Å². The quantitative estimate of drug-likeness (QED) is 0.659. The van der Waals surface area contributed by atoms with Gasteiger partial charge in [-0.25, -0.2) is 8.78 Å². The predicted molar refractivity (Wildman–Crippen MR) is 74.7 cm³/mol. The van der Waals surface area contributed by atoms with Gasteiger partial charge in [0.1, 0.15) is 17.4 Å². The van der Waals surface area contributed by atoms with Crippen LogP contribution >= 0.6 is 15.9 Å². The molecular formula is C13H11BrF2N2O. The van der Waals surface area contributed by atoms with E-state index in [9.17, 15) is 8.78 Å². The third-order valence-corrected chi connectivity index (χ3v) is 3.13. The van der Waals surface area contributed by atoms with E-state index in [2.05, 4.69) is 21.2 Å². The van der Waals surface area contributed by atoms with Crippen molar-refractivity contribution in [2.24, 2.45) is 0 Å². The summed E-state index contributed by atoms with van der Waals surface area (Å²) in [7, 11) is 1.49. The molecule has 0 heterocycles. The molecule has 0 aliphatic heterocycles. The number of hydrogen-bond acceptors (Lipinski definition) is 3. The normalized spacial score (nSPS) is 10.3. The molecular weight excluding hydrogens is 318 g/mol. The van der Waals surface area contributed by atoms with Crippen molar-refractivity contribution in [3.8, 4) is 5.75 Å². The summed E-state index contributed by atoms with van der Waals surface area (Å²) in [5.41, 5.74) is 6.90. The fourth-order valence-corrected chi connectivity index (χ4v) is 1.91. The lowest BCUT2D eigenvalue weighted by atomic mass is 10.2. The number of nitrogens with two attached hydrogens (primary N) is 1. The highest BCUT2D eigenvalue weighted by atomic mass is 79.9. The van der Waals surface area contributed by atoms with Crippen LogP contribution in [-0.4, -0.2) is 7.11 Å². The SMILES string of the molecule is COc1cc(Nc2cc(Br)c(F)cc2F)ccc1N. The number of rotatable bonds is 3. The largest absolute Gasteiger partial charge is 0.495 e. The Morgan fingerprint density at radius 2 is 1.89 bits per heavy atom. The van der Waals surface area contributed by atoms with Crippen molar-refractivity contribution in [1.82, 2.24) is 0 Å². The summed E-state index contributed by atoms with van der Waals surface area (Å²) in [5.74, 6) is -0.860. The lowest BCUT2D eigenvalue weighted by Gasteiger charge is -2.11. The molecule has 0 unspecified atom stereocenters. The highest BCUT2D eigenvalue weighted by Crippen LogP contribution is 2.30. The highest BCUT2D eigenvalue weighted by molar-refractivity contribution is 9.10. The minimum absolute atomic E-state index is 0.153. The van der Waals surface area contributed by atoms with E-state index >= 15 is 0 Å². The van der Waals surface area contributed by atoms with Crippen LogP contribution in [0.15, 0.2) is 34.8 Å². The zero-order valence-electron chi connectivity index (χ0n) is 10.0. The molecule has 2 aromatic rings. The third-order valence-electron chi connectivity index (χ3n) is 2.52. The fraction of sp³-hybridized carbons (Fsp3) is 0.0769. The van der Waals surface area contributed by atoms with E-state index in [1.165, 1.54) is 13.2 Å². The van der Waals surface area contributed by atoms with E-state index in [0.29, 0.717) is 17.1 Å². The molecule has 0 atom stereocenters. The summed E-state index contributed by atoms with van der Waals surface area (Å²) in [5, 5.41) is 2.83. The monoisotopic (exact) mass is 328 g/mol. The average Bonchev–Trinajstić information content (AvgIpc) is 2.38. The van der Waals surface area contributed by atoms with Crippen LogP contribution in [0.1, 0.15) is 0 Å². The average molecular weight is 329 g/mol. The molecule has 3 N–H and O–H groups in total. The summed E-state index contributed by atoms with van der Waals surface area (Å²) in [4.78, 5) is 0. The van der Waals surface area contributed by atoms with Gasteiger partial charge in [-0.05, 0) is 34.1 Å². The Bertz CT molecular complexity index is 620. The highest BCUT2D eigenvalue weighted by Gasteiger charge is 2.09. The van der Waals surface area contributed by atoms with E-state index in [4.69, 9.17) is 10.5 Å². The van der Waals surface area contributed by atoms with E-state index < -0.39 is 11.6 Å². The van der Waals surface area contributed by atoms with Crippen LogP contribution < -0.4 is 15.8 Å². The molecule has 3 nitrogen and oxygen atoms in total. The molecule has 0 aliphatic rings. The zero-order valence-corrected chi connectivity index (χ0v) is 11.6. The Labute approximate surface area is 117 Å². The number of nitrogens with one attached hydrogen (secondary N) is 1. The van der Waals surface area contributed by atoms with Crippen LogP contribution in [0.2, 0.25) is 0 Å². The molecule has 19 heavy (non-hydrogen) atoms. The maximum absolute atomic E-state index is 13.6. The van der Waals surface area contributed by atoms with Gasteiger partial charge < -0.3 is 15.8 Å². The van der Waals surface area contributed by atoms with E-state index in [-0.39, 0.29) is 10.2 Å². The number of halogens is 3. The minimum atomic E-state index is -0.684. The lowest BCUT2D eigenvalue weighted by Crippen LogP contribution is -1.98. The lowest BCUT2D eigenvalue weighted by molar-refractivity contribution is 0.417. The first-order valence-electron chi connectivity index (χ1n) is 5.36. The molecule has 6 heteroatoms. The van der Waals surface area contributed by atoms with Crippen LogP contribution in [0.3, 0.4) is 0 Å². The molecule has 0 spiro atoms. The molecule has 0 bridgehead atoms. The number of hydrogen-bond donors (Lipinski definition) is 2. The van der Waals surface area contributed by atoms with Crippen LogP contribution in [0, 0.1) is 11.6 Å². The molecule has 0 aromatic heterocycles. The summed E-state index contributed by atoms with van der Waals surface area (Å²) in [6, 6.07) is 7.08. The number of ether oxygens (including phenoxy) is 1. The van der Waals surface area contributed by atoms with Crippen LogP contribution in [-0.2, 0) is 0 Å². The smallest absolute Gasteiger partial charge is 0.149 e. The van der Waals surface area contributed by atoms with Gasteiger partial charge in [-0.1, -0.05) is 0 Å². The molecule has 0 fully saturated rings. The second-order valence-corrected chi connectivity index (χ2v) is 4.68. The maximum atomic E-state index is 13.6. The summed E-state index contributed by atoms with van der Waals surface area (Å²) >= 11 is 3.01. The Morgan fingerprint density at radius 3 is 2.58 bits per heavy atom. The first kappa shape index (κ1) is 13.6. The Morgan fingerprint density at radius 1 is 1.16 bits per heavy atom. The van der Waals surface area contributed by atoms with Crippen molar-refractivity contribution in [1.29, 1.82) is 0 Å². The van der Waals surface area contributed by atoms with Crippen LogP contribution in [0.25, 0.3) is 0 Å². The minimum Gasteiger partial charge on any atom is -0.495 e. The van der Waals surface area contributed by atoms with Crippen LogP contribution in [0.5, 0.6) is 5.75 Å². The Balaban J connectivity index is 2.33. The summed E-state index contributed by atoms with van der Waals surface area (Å²) in [6.45, 7) is 0. The Hall–Kier alpha value is -1.82. The van der Waals surface area contributed by atoms with E-state index in [0.717, 1.165) is 6.07 Å². The summed E-state index contributed by atoms with van der Waals surface area (Å²) < 4.78 is 32.0. The first-order chi connectivity index (χ1) is 9.01. The van der Waals surface area contributed by atoms with Crippen molar-refractivity contribution in [3.63, 3.8) is 0 Å². The van der Waals surface area contributed by atoms with Gasteiger partial charge in [0.05, 0.1) is 23.0 Å². The van der Waals surface area contributed by atoms with Crippen molar-refractivity contribution in [2.45, 2.75) is 0 Å². The van der Waals surface area contributed by atoms with Gasteiger partial charge in [0.2, 0.25) is 0 Å². The van der Waals surface area contributed by atoms with Gasteiger partial charge in [0.15, 0.2) is 0 Å². The molecule has 0 saturated carbocycles. The second kappa shape index (κ2) is 5.44. The molecule has 0 aliphatic carbocycles. The van der Waals surface area contributed by atoms with Crippen molar-refractivity contribution < 1.29 is 13.5 Å². The molecule has 0 saturated heterocycles. The fourth-order valence-electron chi connectivity index (χ4n) is 1.56. The van der Waals surface area contributed by atoms with Gasteiger partial charge in [0.25, 0.3) is 0 Å². The first-order valence-corrected chi connectivity index (χ1v) is 6.15. The zero-order chi connectivity index (χ0) is 14.0. The van der Waals surface area contributed by atoms with Crippen molar-refractivity contribution in [2.75, 3.05) is 18.2 Å². The Kier molecular flexibility index (Phi) is 3.90. The van der Waals surface area contributed by atoms with Crippen molar-refractivity contribution in [3.05, 3.63) is 46.4 Å². The number of methoxy groups -OCH3 is 1. The summed E-state index contributed by atoms with van der Waals surface area (Å²) in [6.07, 6.45) is 0. The molecule has 0 radical (unpaired) electrons. The maximum Gasteiger partial charge on any atom is 0.149 e. The van der Waals surface area contributed by atoms with Crippen molar-refractivity contribution >= 4 is 33.0 Å². The number of benzene rings is 2. The second-order valence-electron chi connectivity index (χ2n) is 3.83. The van der Waals surface area contributed by atoms with E-state index in [1.807, 2.05) is 0 Å². The van der Waals surface area contributed by atoms with Gasteiger partial charge in [-0.2, -0.15) is 0 Å². The van der Waals surface area contributed by atoms with Gasteiger partial charge in [-0.15, -0.1) is 0 Å². The third kappa shape index (κ3) is 2.96. The topological polar surface area (TPSA) is 47.3 Å². The molecule has 2 rings (SSSR count). The molecule has 0 amide bonds. The van der Waals surface area contributed by atoms with Crippen LogP contribution in [0.4, 0.5) is 25.8 Å². The standard InChI is InChI=1S/C13H11BrF2N2O/c1-19-13-4-7(2-3-11(13)17)18-12-5-8(14)9(15)6-10(12)16/h2-6,18H,17H2,1H3. The molecule has 100 valence electrons. The van der Waals surface area contributed by atoms with Gasteiger partial charge in [-0.3, -0.25) is 0 Å². The predicted octanol–water partition coefficient (Wildman–Crippen LogP) is 4.06. The van der Waals surface area contributed by atoms with E-state index in [1.54, 1.807) is 18.2 Å².